The number of esters is 2. The summed E-state index contributed by atoms with van der Waals surface area (Å²) < 4.78 is 9.93. The van der Waals surface area contributed by atoms with Gasteiger partial charge in [0.15, 0.2) is 0 Å². The predicted octanol–water partition coefficient (Wildman–Crippen LogP) is 2.10. The number of carbonyl (C=O) groups excluding carboxylic acids is 2. The van der Waals surface area contributed by atoms with Crippen LogP contribution in [0.4, 0.5) is 0 Å². The zero-order chi connectivity index (χ0) is 12.9. The summed E-state index contributed by atoms with van der Waals surface area (Å²) >= 11 is 11.1. The second kappa shape index (κ2) is 6.97. The summed E-state index contributed by atoms with van der Waals surface area (Å²) in [5.41, 5.74) is 0. The van der Waals surface area contributed by atoms with Gasteiger partial charge in [0.05, 0.1) is 0 Å². The molecule has 0 heterocycles. The molecule has 0 amide bonds. The molecule has 16 heavy (non-hydrogen) atoms. The van der Waals surface area contributed by atoms with Crippen LogP contribution in [-0.2, 0) is 19.1 Å². The molecule has 0 N–H and O–H groups in total. The standard InChI is InChI=1S/C10H16Cl2O4/c1-5(11)9(13)15-7(3)8(4)16-10(14)6(2)12/h5-8H,1-4H3. The van der Waals surface area contributed by atoms with Crippen molar-refractivity contribution >= 4 is 35.1 Å². The van der Waals surface area contributed by atoms with Gasteiger partial charge in [-0.25, -0.2) is 0 Å². The third kappa shape index (κ3) is 5.56. The van der Waals surface area contributed by atoms with Gasteiger partial charge in [0.25, 0.3) is 0 Å². The molecule has 0 spiro atoms. The van der Waals surface area contributed by atoms with E-state index in [1.165, 1.54) is 13.8 Å². The second-order valence-corrected chi connectivity index (χ2v) is 4.83. The van der Waals surface area contributed by atoms with E-state index >= 15 is 0 Å². The molecule has 0 aliphatic carbocycles. The van der Waals surface area contributed by atoms with E-state index in [1.54, 1.807) is 13.8 Å². The highest BCUT2D eigenvalue weighted by Gasteiger charge is 2.23. The lowest BCUT2D eigenvalue weighted by molar-refractivity contribution is -0.164. The van der Waals surface area contributed by atoms with E-state index in [0.717, 1.165) is 0 Å². The van der Waals surface area contributed by atoms with Crippen LogP contribution in [-0.4, -0.2) is 34.9 Å². The highest BCUT2D eigenvalue weighted by molar-refractivity contribution is 6.29. The van der Waals surface area contributed by atoms with Gasteiger partial charge in [0.2, 0.25) is 0 Å². The highest BCUT2D eigenvalue weighted by Crippen LogP contribution is 2.09. The number of hydrogen-bond acceptors (Lipinski definition) is 4. The minimum Gasteiger partial charge on any atom is -0.458 e. The summed E-state index contributed by atoms with van der Waals surface area (Å²) in [6.45, 7) is 6.25. The van der Waals surface area contributed by atoms with E-state index in [2.05, 4.69) is 0 Å². The van der Waals surface area contributed by atoms with Gasteiger partial charge in [-0.2, -0.15) is 0 Å². The number of rotatable bonds is 5. The molecule has 0 aromatic rings. The average molecular weight is 271 g/mol. The lowest BCUT2D eigenvalue weighted by Gasteiger charge is -2.21. The first kappa shape index (κ1) is 15.5. The molecular weight excluding hydrogens is 255 g/mol. The molecule has 94 valence electrons. The number of carbonyl (C=O) groups is 2. The van der Waals surface area contributed by atoms with Gasteiger partial charge in [0.1, 0.15) is 23.0 Å². The van der Waals surface area contributed by atoms with E-state index < -0.39 is 34.9 Å². The first-order valence-electron chi connectivity index (χ1n) is 4.94. The van der Waals surface area contributed by atoms with Gasteiger partial charge in [-0.15, -0.1) is 23.2 Å². The Balaban J connectivity index is 4.14. The molecule has 0 saturated carbocycles. The van der Waals surface area contributed by atoms with Gasteiger partial charge in [0, 0.05) is 0 Å². The van der Waals surface area contributed by atoms with Crippen LogP contribution in [0.1, 0.15) is 27.7 Å². The summed E-state index contributed by atoms with van der Waals surface area (Å²) in [6, 6.07) is 0. The maximum absolute atomic E-state index is 11.2. The molecule has 0 aliphatic heterocycles. The van der Waals surface area contributed by atoms with Crippen molar-refractivity contribution in [2.24, 2.45) is 0 Å². The van der Waals surface area contributed by atoms with Crippen LogP contribution in [0.5, 0.6) is 0 Å². The van der Waals surface area contributed by atoms with E-state index in [-0.39, 0.29) is 0 Å². The SMILES string of the molecule is CC(Cl)C(=O)OC(C)C(C)OC(=O)C(C)Cl. The summed E-state index contributed by atoms with van der Waals surface area (Å²) in [5.74, 6) is -1.09. The Hall–Kier alpha value is -0.480. The van der Waals surface area contributed by atoms with Crippen LogP contribution in [0.15, 0.2) is 0 Å². The fourth-order valence-electron chi connectivity index (χ4n) is 0.746. The third-order valence-electron chi connectivity index (χ3n) is 1.91. The zero-order valence-electron chi connectivity index (χ0n) is 9.70. The topological polar surface area (TPSA) is 52.6 Å². The lowest BCUT2D eigenvalue weighted by Crippen LogP contribution is -2.34. The average Bonchev–Trinajstić information content (AvgIpc) is 2.16. The fraction of sp³-hybridized carbons (Fsp3) is 0.800. The molecule has 0 aromatic carbocycles. The van der Waals surface area contributed by atoms with Crippen molar-refractivity contribution in [2.45, 2.75) is 50.7 Å². The van der Waals surface area contributed by atoms with Gasteiger partial charge in [-0.3, -0.25) is 9.59 Å². The largest absolute Gasteiger partial charge is 0.458 e. The molecule has 0 radical (unpaired) electrons. The van der Waals surface area contributed by atoms with Crippen molar-refractivity contribution in [1.82, 2.24) is 0 Å². The predicted molar refractivity (Wildman–Crippen MR) is 61.7 cm³/mol. The summed E-state index contributed by atoms with van der Waals surface area (Å²) in [6.07, 6.45) is -1.12. The van der Waals surface area contributed by atoms with Crippen LogP contribution in [0, 0.1) is 0 Å². The van der Waals surface area contributed by atoms with Crippen LogP contribution < -0.4 is 0 Å². The van der Waals surface area contributed by atoms with Gasteiger partial charge in [-0.1, -0.05) is 0 Å². The van der Waals surface area contributed by atoms with Crippen molar-refractivity contribution in [3.8, 4) is 0 Å². The second-order valence-electron chi connectivity index (χ2n) is 3.52. The monoisotopic (exact) mass is 270 g/mol. The molecule has 4 atom stereocenters. The molecule has 4 nitrogen and oxygen atoms in total. The maximum atomic E-state index is 11.2. The van der Waals surface area contributed by atoms with Crippen molar-refractivity contribution in [3.05, 3.63) is 0 Å². The van der Waals surface area contributed by atoms with Crippen molar-refractivity contribution in [1.29, 1.82) is 0 Å². The fourth-order valence-corrected chi connectivity index (χ4v) is 0.848. The summed E-state index contributed by atoms with van der Waals surface area (Å²) in [7, 11) is 0. The molecular formula is C10H16Cl2O4. The van der Waals surface area contributed by atoms with E-state index in [0.29, 0.717) is 0 Å². The van der Waals surface area contributed by atoms with E-state index in [9.17, 15) is 9.59 Å². The molecule has 0 aromatic heterocycles. The molecule has 0 aliphatic rings. The quantitative estimate of drug-likeness (QED) is 0.567. The van der Waals surface area contributed by atoms with Crippen molar-refractivity contribution in [2.75, 3.05) is 0 Å². The van der Waals surface area contributed by atoms with Gasteiger partial charge >= 0.3 is 11.9 Å². The maximum Gasteiger partial charge on any atom is 0.324 e. The van der Waals surface area contributed by atoms with E-state index in [4.69, 9.17) is 32.7 Å². The minimum atomic E-state index is -0.725. The number of hydrogen-bond donors (Lipinski definition) is 0. The molecule has 0 rings (SSSR count). The molecule has 0 fully saturated rings. The Labute approximate surface area is 105 Å². The molecule has 6 heteroatoms. The number of alkyl halides is 2. The first-order chi connectivity index (χ1) is 7.25. The van der Waals surface area contributed by atoms with Crippen LogP contribution in [0.2, 0.25) is 0 Å². The summed E-state index contributed by atoms with van der Waals surface area (Å²) in [5, 5.41) is -1.45. The molecule has 4 unspecified atom stereocenters. The van der Waals surface area contributed by atoms with Gasteiger partial charge < -0.3 is 9.47 Å². The lowest BCUT2D eigenvalue weighted by atomic mass is 10.2. The van der Waals surface area contributed by atoms with Crippen molar-refractivity contribution < 1.29 is 19.1 Å². The number of ether oxygens (including phenoxy) is 2. The van der Waals surface area contributed by atoms with Crippen LogP contribution >= 0.6 is 23.2 Å². The minimum absolute atomic E-state index is 0.545. The highest BCUT2D eigenvalue weighted by atomic mass is 35.5. The molecule has 0 saturated heterocycles. The number of halogens is 2. The molecule has 0 bridgehead atoms. The zero-order valence-corrected chi connectivity index (χ0v) is 11.2. The Bertz CT molecular complexity index is 227. The van der Waals surface area contributed by atoms with E-state index in [1.807, 2.05) is 0 Å². The Morgan fingerprint density at radius 1 is 0.812 bits per heavy atom. The normalized spacial score (nSPS) is 18.1. The van der Waals surface area contributed by atoms with Crippen molar-refractivity contribution in [3.63, 3.8) is 0 Å². The summed E-state index contributed by atoms with van der Waals surface area (Å²) in [4.78, 5) is 22.3. The van der Waals surface area contributed by atoms with Crippen LogP contribution in [0.3, 0.4) is 0 Å². The van der Waals surface area contributed by atoms with Crippen LogP contribution in [0.25, 0.3) is 0 Å². The first-order valence-corrected chi connectivity index (χ1v) is 5.82. The Morgan fingerprint density at radius 2 is 1.06 bits per heavy atom. The van der Waals surface area contributed by atoms with Gasteiger partial charge in [-0.05, 0) is 27.7 Å². The Kier molecular flexibility index (Phi) is 6.76. The third-order valence-corrected chi connectivity index (χ3v) is 2.27. The smallest absolute Gasteiger partial charge is 0.324 e. The Morgan fingerprint density at radius 3 is 1.25 bits per heavy atom.